The molecule has 1 amide bonds. The van der Waals surface area contributed by atoms with Crippen molar-refractivity contribution in [2.24, 2.45) is 0 Å². The molecule has 1 unspecified atom stereocenters. The Kier molecular flexibility index (Phi) is 6.94. The van der Waals surface area contributed by atoms with E-state index in [4.69, 9.17) is 0 Å². The average molecular weight is 332 g/mol. The highest BCUT2D eigenvalue weighted by molar-refractivity contribution is 5.98. The molecule has 1 saturated heterocycles. The Labute approximate surface area is 138 Å². The normalized spacial score (nSPS) is 19.2. The first-order chi connectivity index (χ1) is 9.27. The molecule has 1 fully saturated rings. The summed E-state index contributed by atoms with van der Waals surface area (Å²) < 4.78 is 0. The van der Waals surface area contributed by atoms with E-state index < -0.39 is 0 Å². The second-order valence-corrected chi connectivity index (χ2v) is 5.33. The number of carbonyl (C=O) groups excluding carboxylic acids is 1. The van der Waals surface area contributed by atoms with E-state index in [0.29, 0.717) is 0 Å². The van der Waals surface area contributed by atoms with Gasteiger partial charge >= 0.3 is 0 Å². The summed E-state index contributed by atoms with van der Waals surface area (Å²) in [6, 6.07) is 8.23. The number of piperazine rings is 1. The van der Waals surface area contributed by atoms with Gasteiger partial charge in [-0.05, 0) is 25.0 Å². The van der Waals surface area contributed by atoms with Crippen LogP contribution in [0.5, 0.6) is 0 Å². The van der Waals surface area contributed by atoms with Crippen LogP contribution in [-0.4, -0.2) is 49.6 Å². The molecule has 4 nitrogen and oxygen atoms in total. The van der Waals surface area contributed by atoms with Crippen LogP contribution in [0.3, 0.4) is 0 Å². The van der Waals surface area contributed by atoms with Gasteiger partial charge in [0.15, 0.2) is 0 Å². The molecule has 1 aromatic rings. The van der Waals surface area contributed by atoms with Crippen LogP contribution in [0.25, 0.3) is 0 Å². The molecule has 2 heterocycles. The smallest absolute Gasteiger partial charge is 0.244 e. The minimum absolute atomic E-state index is 0. The van der Waals surface area contributed by atoms with Gasteiger partial charge in [0.2, 0.25) is 5.91 Å². The molecular weight excluding hydrogens is 309 g/mol. The third kappa shape index (κ3) is 3.69. The predicted octanol–water partition coefficient (Wildman–Crippen LogP) is 1.71. The molecule has 21 heavy (non-hydrogen) atoms. The number of hydrogen-bond acceptors (Lipinski definition) is 3. The standard InChI is InChI=1S/C15H21N3O.2ClH/c1-12(17-10-7-16-8-11-17)15(19)18-9-6-13-4-2-3-5-14(13)18;;/h2-5,12,16H,6-11H2,1H3;2*1H. The van der Waals surface area contributed by atoms with Crippen molar-refractivity contribution in [2.75, 3.05) is 37.6 Å². The van der Waals surface area contributed by atoms with Gasteiger partial charge in [0.25, 0.3) is 0 Å². The summed E-state index contributed by atoms with van der Waals surface area (Å²) in [5.41, 5.74) is 2.40. The van der Waals surface area contributed by atoms with Gasteiger partial charge < -0.3 is 10.2 Å². The van der Waals surface area contributed by atoms with E-state index in [1.807, 2.05) is 24.0 Å². The number of halogens is 2. The van der Waals surface area contributed by atoms with E-state index in [1.54, 1.807) is 0 Å². The van der Waals surface area contributed by atoms with Crippen LogP contribution in [0.1, 0.15) is 12.5 Å². The number of amides is 1. The SMILES string of the molecule is CC(C(=O)N1CCc2ccccc21)N1CCNCC1.Cl.Cl. The minimum Gasteiger partial charge on any atom is -0.314 e. The van der Waals surface area contributed by atoms with Crippen molar-refractivity contribution >= 4 is 36.4 Å². The van der Waals surface area contributed by atoms with Crippen molar-refractivity contribution in [2.45, 2.75) is 19.4 Å². The Morgan fingerprint density at radius 1 is 1.14 bits per heavy atom. The third-order valence-electron chi connectivity index (χ3n) is 4.21. The van der Waals surface area contributed by atoms with Gasteiger partial charge in [0.05, 0.1) is 6.04 Å². The lowest BCUT2D eigenvalue weighted by molar-refractivity contribution is -0.123. The number of nitrogens with one attached hydrogen (secondary N) is 1. The van der Waals surface area contributed by atoms with E-state index in [9.17, 15) is 4.79 Å². The number of hydrogen-bond donors (Lipinski definition) is 1. The van der Waals surface area contributed by atoms with Crippen molar-refractivity contribution in [3.05, 3.63) is 29.8 Å². The van der Waals surface area contributed by atoms with Gasteiger partial charge in [-0.15, -0.1) is 24.8 Å². The fourth-order valence-electron chi connectivity index (χ4n) is 3.02. The maximum atomic E-state index is 12.7. The zero-order chi connectivity index (χ0) is 13.2. The summed E-state index contributed by atoms with van der Waals surface area (Å²) in [7, 11) is 0. The highest BCUT2D eigenvalue weighted by atomic mass is 35.5. The molecule has 0 radical (unpaired) electrons. The second kappa shape index (κ2) is 7.99. The molecule has 0 aromatic heterocycles. The zero-order valence-corrected chi connectivity index (χ0v) is 13.9. The van der Waals surface area contributed by atoms with Gasteiger partial charge in [-0.1, -0.05) is 18.2 Å². The van der Waals surface area contributed by atoms with E-state index in [2.05, 4.69) is 22.3 Å². The number of para-hydroxylation sites is 1. The minimum atomic E-state index is -0.0201. The van der Waals surface area contributed by atoms with Crippen LogP contribution >= 0.6 is 24.8 Å². The molecule has 1 aromatic carbocycles. The Hall–Kier alpha value is -0.810. The van der Waals surface area contributed by atoms with Gasteiger partial charge in [0.1, 0.15) is 0 Å². The highest BCUT2D eigenvalue weighted by Gasteiger charge is 2.31. The van der Waals surface area contributed by atoms with Crippen molar-refractivity contribution in [1.82, 2.24) is 10.2 Å². The van der Waals surface area contributed by atoms with E-state index in [1.165, 1.54) is 5.56 Å². The summed E-state index contributed by atoms with van der Waals surface area (Å²) in [5.74, 6) is 0.242. The van der Waals surface area contributed by atoms with Crippen LogP contribution in [-0.2, 0) is 11.2 Å². The number of anilines is 1. The summed E-state index contributed by atoms with van der Waals surface area (Å²) in [5, 5.41) is 3.33. The predicted molar refractivity (Wildman–Crippen MR) is 90.9 cm³/mol. The molecular formula is C15H23Cl2N3O. The monoisotopic (exact) mass is 331 g/mol. The number of benzene rings is 1. The van der Waals surface area contributed by atoms with Crippen molar-refractivity contribution < 1.29 is 4.79 Å². The number of nitrogens with zero attached hydrogens (tertiary/aromatic N) is 2. The highest BCUT2D eigenvalue weighted by Crippen LogP contribution is 2.28. The van der Waals surface area contributed by atoms with Crippen molar-refractivity contribution in [3.63, 3.8) is 0 Å². The first-order valence-corrected chi connectivity index (χ1v) is 7.11. The molecule has 3 rings (SSSR count). The van der Waals surface area contributed by atoms with Crippen LogP contribution in [0, 0.1) is 0 Å². The molecule has 6 heteroatoms. The summed E-state index contributed by atoms with van der Waals surface area (Å²) in [4.78, 5) is 16.9. The van der Waals surface area contributed by atoms with Gasteiger partial charge in [-0.2, -0.15) is 0 Å². The molecule has 2 aliphatic rings. The lowest BCUT2D eigenvalue weighted by Gasteiger charge is -2.34. The molecule has 1 N–H and O–H groups in total. The number of carbonyl (C=O) groups is 1. The zero-order valence-electron chi connectivity index (χ0n) is 12.2. The van der Waals surface area contributed by atoms with Gasteiger partial charge in [-0.3, -0.25) is 9.69 Å². The average Bonchev–Trinajstić information content (AvgIpc) is 2.90. The molecule has 0 saturated carbocycles. The van der Waals surface area contributed by atoms with E-state index in [0.717, 1.165) is 44.8 Å². The van der Waals surface area contributed by atoms with Crippen LogP contribution in [0.4, 0.5) is 5.69 Å². The van der Waals surface area contributed by atoms with Gasteiger partial charge in [-0.25, -0.2) is 0 Å². The first kappa shape index (κ1) is 18.2. The maximum absolute atomic E-state index is 12.7. The topological polar surface area (TPSA) is 35.6 Å². The molecule has 0 bridgehead atoms. The number of rotatable bonds is 2. The second-order valence-electron chi connectivity index (χ2n) is 5.33. The maximum Gasteiger partial charge on any atom is 0.244 e. The Balaban J connectivity index is 0.00000110. The fourth-order valence-corrected chi connectivity index (χ4v) is 3.02. The third-order valence-corrected chi connectivity index (χ3v) is 4.21. The molecule has 0 aliphatic carbocycles. The first-order valence-electron chi connectivity index (χ1n) is 7.11. The Bertz CT molecular complexity index is 478. The summed E-state index contributed by atoms with van der Waals surface area (Å²) >= 11 is 0. The molecule has 2 aliphatic heterocycles. The quantitative estimate of drug-likeness (QED) is 0.896. The Morgan fingerprint density at radius 2 is 1.81 bits per heavy atom. The summed E-state index contributed by atoms with van der Waals surface area (Å²) in [6.07, 6.45) is 0.982. The van der Waals surface area contributed by atoms with Crippen LogP contribution < -0.4 is 10.2 Å². The van der Waals surface area contributed by atoms with Crippen LogP contribution in [0.2, 0.25) is 0 Å². The largest absolute Gasteiger partial charge is 0.314 e. The van der Waals surface area contributed by atoms with E-state index in [-0.39, 0.29) is 36.8 Å². The van der Waals surface area contributed by atoms with Gasteiger partial charge in [0, 0.05) is 38.4 Å². The van der Waals surface area contributed by atoms with Crippen molar-refractivity contribution in [1.29, 1.82) is 0 Å². The summed E-state index contributed by atoms with van der Waals surface area (Å²) in [6.45, 7) is 6.75. The lowest BCUT2D eigenvalue weighted by Crippen LogP contribution is -2.53. The molecule has 0 spiro atoms. The van der Waals surface area contributed by atoms with Crippen LogP contribution in [0.15, 0.2) is 24.3 Å². The van der Waals surface area contributed by atoms with E-state index >= 15 is 0 Å². The Morgan fingerprint density at radius 3 is 2.52 bits per heavy atom. The molecule has 1 atom stereocenters. The van der Waals surface area contributed by atoms with Crippen molar-refractivity contribution in [3.8, 4) is 0 Å². The number of fused-ring (bicyclic) bond motifs is 1. The fraction of sp³-hybridized carbons (Fsp3) is 0.533. The lowest BCUT2D eigenvalue weighted by atomic mass is 10.1. The molecule has 118 valence electrons.